The fraction of sp³-hybridized carbons (Fsp3) is 0.208. The van der Waals surface area contributed by atoms with Gasteiger partial charge in [0.25, 0.3) is 0 Å². The number of anilines is 2. The number of nitrogens with one attached hydrogen (secondary N) is 2. The standard InChI is InChI=1S/C24H23ClN4O2/c1-16-8-9-19(13-20(16)25)28-24(31)23(30)27-15-22(18-6-4-11-26-14-18)29-12-10-17-5-2-3-7-21(17)29/h2-9,11,13-14,22H,10,12,15H2,1H3,(H,27,30)(H,28,31)/t22-/m1/s1. The highest BCUT2D eigenvalue weighted by atomic mass is 35.5. The van der Waals surface area contributed by atoms with E-state index in [-0.39, 0.29) is 12.6 Å². The van der Waals surface area contributed by atoms with Crippen molar-refractivity contribution in [2.45, 2.75) is 19.4 Å². The van der Waals surface area contributed by atoms with E-state index in [0.29, 0.717) is 10.7 Å². The van der Waals surface area contributed by atoms with Gasteiger partial charge in [-0.15, -0.1) is 0 Å². The molecule has 2 heterocycles. The average molecular weight is 435 g/mol. The Bertz CT molecular complexity index is 1100. The third kappa shape index (κ3) is 4.70. The zero-order valence-electron chi connectivity index (χ0n) is 17.1. The van der Waals surface area contributed by atoms with E-state index in [1.54, 1.807) is 30.6 Å². The van der Waals surface area contributed by atoms with Gasteiger partial charge in [-0.1, -0.05) is 41.9 Å². The number of nitrogens with zero attached hydrogens (tertiary/aromatic N) is 2. The monoisotopic (exact) mass is 434 g/mol. The molecule has 6 nitrogen and oxygen atoms in total. The molecule has 7 heteroatoms. The number of carbonyl (C=O) groups is 2. The second-order valence-electron chi connectivity index (χ2n) is 7.50. The number of aryl methyl sites for hydroxylation is 1. The number of carbonyl (C=O) groups excluding carboxylic acids is 2. The summed E-state index contributed by atoms with van der Waals surface area (Å²) < 4.78 is 0. The summed E-state index contributed by atoms with van der Waals surface area (Å²) in [5.41, 5.74) is 4.77. The molecule has 0 unspecified atom stereocenters. The predicted molar refractivity (Wildman–Crippen MR) is 122 cm³/mol. The van der Waals surface area contributed by atoms with Crippen molar-refractivity contribution >= 4 is 34.8 Å². The van der Waals surface area contributed by atoms with Crippen LogP contribution in [0.15, 0.2) is 67.0 Å². The molecule has 2 aromatic carbocycles. The molecular formula is C24H23ClN4O2. The van der Waals surface area contributed by atoms with Crippen molar-refractivity contribution in [3.63, 3.8) is 0 Å². The molecule has 1 aromatic heterocycles. The molecule has 2 amide bonds. The lowest BCUT2D eigenvalue weighted by Crippen LogP contribution is -2.41. The normalized spacial score (nSPS) is 13.4. The zero-order chi connectivity index (χ0) is 21.8. The summed E-state index contributed by atoms with van der Waals surface area (Å²) in [6.45, 7) is 2.99. The van der Waals surface area contributed by atoms with Crippen molar-refractivity contribution < 1.29 is 9.59 Å². The van der Waals surface area contributed by atoms with Crippen molar-refractivity contribution in [2.75, 3.05) is 23.3 Å². The first-order valence-corrected chi connectivity index (χ1v) is 10.5. The number of pyridine rings is 1. The number of hydrogen-bond donors (Lipinski definition) is 2. The molecular weight excluding hydrogens is 412 g/mol. The van der Waals surface area contributed by atoms with Crippen LogP contribution in [0.2, 0.25) is 5.02 Å². The first kappa shape index (κ1) is 20.9. The van der Waals surface area contributed by atoms with Gasteiger partial charge in [-0.25, -0.2) is 0 Å². The van der Waals surface area contributed by atoms with Crippen LogP contribution in [0.25, 0.3) is 0 Å². The highest BCUT2D eigenvalue weighted by Gasteiger charge is 2.28. The third-order valence-electron chi connectivity index (χ3n) is 5.46. The van der Waals surface area contributed by atoms with Crippen molar-refractivity contribution in [3.8, 4) is 0 Å². The molecule has 1 aliphatic rings. The van der Waals surface area contributed by atoms with Crippen LogP contribution in [0.3, 0.4) is 0 Å². The number of para-hydroxylation sites is 1. The number of fused-ring (bicyclic) bond motifs is 1. The van der Waals surface area contributed by atoms with Gasteiger partial charge < -0.3 is 15.5 Å². The minimum Gasteiger partial charge on any atom is -0.362 e. The van der Waals surface area contributed by atoms with Crippen molar-refractivity contribution in [2.24, 2.45) is 0 Å². The number of rotatable bonds is 5. The average Bonchev–Trinajstić information content (AvgIpc) is 3.21. The summed E-state index contributed by atoms with van der Waals surface area (Å²) in [6, 6.07) is 17.1. The van der Waals surface area contributed by atoms with Gasteiger partial charge in [0.05, 0.1) is 6.04 Å². The second-order valence-corrected chi connectivity index (χ2v) is 7.91. The molecule has 3 aromatic rings. The lowest BCUT2D eigenvalue weighted by Gasteiger charge is -2.30. The number of amides is 2. The molecule has 0 radical (unpaired) electrons. The minimum atomic E-state index is -0.730. The first-order valence-electron chi connectivity index (χ1n) is 10.1. The van der Waals surface area contributed by atoms with Crippen LogP contribution < -0.4 is 15.5 Å². The van der Waals surface area contributed by atoms with Crippen LogP contribution in [0, 0.1) is 6.92 Å². The summed E-state index contributed by atoms with van der Waals surface area (Å²) in [5.74, 6) is -1.43. The van der Waals surface area contributed by atoms with Gasteiger partial charge in [0, 0.05) is 41.9 Å². The number of aromatic nitrogens is 1. The number of benzene rings is 2. The van der Waals surface area contributed by atoms with E-state index in [2.05, 4.69) is 32.7 Å². The van der Waals surface area contributed by atoms with Crippen molar-refractivity contribution in [3.05, 3.63) is 88.7 Å². The molecule has 4 rings (SSSR count). The molecule has 0 saturated carbocycles. The second kappa shape index (κ2) is 9.18. The topological polar surface area (TPSA) is 74.3 Å². The molecule has 0 bridgehead atoms. The summed E-state index contributed by atoms with van der Waals surface area (Å²) >= 11 is 6.10. The quantitative estimate of drug-likeness (QED) is 0.597. The van der Waals surface area contributed by atoms with Crippen molar-refractivity contribution in [1.82, 2.24) is 10.3 Å². The van der Waals surface area contributed by atoms with E-state index >= 15 is 0 Å². The molecule has 0 aliphatic carbocycles. The summed E-state index contributed by atoms with van der Waals surface area (Å²) in [6.07, 6.45) is 4.46. The molecule has 158 valence electrons. The Balaban J connectivity index is 1.47. The maximum Gasteiger partial charge on any atom is 0.313 e. The lowest BCUT2D eigenvalue weighted by molar-refractivity contribution is -0.136. The van der Waals surface area contributed by atoms with Crippen LogP contribution >= 0.6 is 11.6 Å². The van der Waals surface area contributed by atoms with E-state index in [9.17, 15) is 9.59 Å². The van der Waals surface area contributed by atoms with Crippen LogP contribution in [-0.4, -0.2) is 29.9 Å². The Hall–Kier alpha value is -3.38. The first-order chi connectivity index (χ1) is 15.0. The van der Waals surface area contributed by atoms with Crippen molar-refractivity contribution in [1.29, 1.82) is 0 Å². The highest BCUT2D eigenvalue weighted by Crippen LogP contribution is 2.34. The lowest BCUT2D eigenvalue weighted by atomic mass is 10.1. The van der Waals surface area contributed by atoms with Crippen LogP contribution in [0.5, 0.6) is 0 Å². The summed E-state index contributed by atoms with van der Waals surface area (Å²) in [5, 5.41) is 5.91. The van der Waals surface area contributed by atoms with Gasteiger partial charge in [0.15, 0.2) is 0 Å². The Morgan fingerprint density at radius 1 is 1.13 bits per heavy atom. The van der Waals surface area contributed by atoms with Crippen LogP contribution in [0.4, 0.5) is 11.4 Å². The van der Waals surface area contributed by atoms with Gasteiger partial charge in [0.2, 0.25) is 0 Å². The molecule has 0 fully saturated rings. The Morgan fingerprint density at radius 3 is 2.74 bits per heavy atom. The SMILES string of the molecule is Cc1ccc(NC(=O)C(=O)NC[C@H](c2cccnc2)N2CCc3ccccc32)cc1Cl. The third-order valence-corrected chi connectivity index (χ3v) is 5.87. The van der Waals surface area contributed by atoms with Gasteiger partial charge >= 0.3 is 11.8 Å². The van der Waals surface area contributed by atoms with E-state index in [0.717, 1.165) is 29.8 Å². The fourth-order valence-electron chi connectivity index (χ4n) is 3.80. The van der Waals surface area contributed by atoms with Crippen LogP contribution in [0.1, 0.15) is 22.7 Å². The van der Waals surface area contributed by atoms with Gasteiger partial charge in [-0.05, 0) is 54.3 Å². The zero-order valence-corrected chi connectivity index (χ0v) is 17.9. The van der Waals surface area contributed by atoms with E-state index < -0.39 is 11.8 Å². The van der Waals surface area contributed by atoms with E-state index in [4.69, 9.17) is 11.6 Å². The summed E-state index contributed by atoms with van der Waals surface area (Å²) in [4.78, 5) is 31.4. The number of hydrogen-bond acceptors (Lipinski definition) is 4. The highest BCUT2D eigenvalue weighted by molar-refractivity contribution is 6.40. The molecule has 1 aliphatic heterocycles. The van der Waals surface area contributed by atoms with E-state index in [1.807, 2.05) is 31.2 Å². The van der Waals surface area contributed by atoms with Crippen LogP contribution in [-0.2, 0) is 16.0 Å². The summed E-state index contributed by atoms with van der Waals surface area (Å²) in [7, 11) is 0. The Kier molecular flexibility index (Phi) is 6.18. The largest absolute Gasteiger partial charge is 0.362 e. The molecule has 0 saturated heterocycles. The van der Waals surface area contributed by atoms with Gasteiger partial charge in [0.1, 0.15) is 0 Å². The molecule has 2 N–H and O–H groups in total. The Morgan fingerprint density at radius 2 is 1.97 bits per heavy atom. The minimum absolute atomic E-state index is 0.136. The molecule has 1 atom stereocenters. The van der Waals surface area contributed by atoms with Gasteiger partial charge in [-0.2, -0.15) is 0 Å². The molecule has 0 spiro atoms. The fourth-order valence-corrected chi connectivity index (χ4v) is 3.98. The number of halogens is 1. The van der Waals surface area contributed by atoms with E-state index in [1.165, 1.54) is 5.56 Å². The van der Waals surface area contributed by atoms with Gasteiger partial charge in [-0.3, -0.25) is 14.6 Å². The smallest absolute Gasteiger partial charge is 0.313 e. The Labute approximate surface area is 186 Å². The maximum atomic E-state index is 12.5. The molecule has 31 heavy (non-hydrogen) atoms. The maximum absolute atomic E-state index is 12.5. The predicted octanol–water partition coefficient (Wildman–Crippen LogP) is 3.90.